The van der Waals surface area contributed by atoms with Crippen LogP contribution in [0.3, 0.4) is 0 Å². The van der Waals surface area contributed by atoms with Crippen molar-refractivity contribution in [2.45, 2.75) is 6.92 Å². The van der Waals surface area contributed by atoms with E-state index in [1.54, 1.807) is 23.0 Å². The molecule has 1 N–H and O–H groups in total. The average Bonchev–Trinajstić information content (AvgIpc) is 2.58. The second-order valence-corrected chi connectivity index (χ2v) is 3.44. The number of hydrogen-bond acceptors (Lipinski definition) is 4. The minimum absolute atomic E-state index is 0.519. The maximum Gasteiger partial charge on any atom is 0.148 e. The van der Waals surface area contributed by atoms with Gasteiger partial charge in [0, 0.05) is 19.4 Å². The molecule has 0 unspecified atom stereocenters. The molecular weight excluding hydrogens is 202 g/mol. The number of nitrogens with one attached hydrogen (secondary N) is 1. The lowest BCUT2D eigenvalue weighted by Gasteiger charge is -2.04. The van der Waals surface area contributed by atoms with E-state index in [-0.39, 0.29) is 0 Å². The lowest BCUT2D eigenvalue weighted by molar-refractivity contribution is 0.756. The third-order valence-electron chi connectivity index (χ3n) is 2.19. The van der Waals surface area contributed by atoms with Crippen LogP contribution in [0.25, 0.3) is 0 Å². The SMILES string of the molecule is Cc1nn(C)cc1Nc1ncccc1C#N. The second kappa shape index (κ2) is 4.03. The van der Waals surface area contributed by atoms with Crippen LogP contribution >= 0.6 is 0 Å². The Morgan fingerprint density at radius 1 is 1.50 bits per heavy atom. The summed E-state index contributed by atoms with van der Waals surface area (Å²) in [5.41, 5.74) is 2.25. The molecule has 2 rings (SSSR count). The molecule has 5 nitrogen and oxygen atoms in total. The van der Waals surface area contributed by atoms with Crippen LogP contribution < -0.4 is 5.32 Å². The van der Waals surface area contributed by atoms with Crippen LogP contribution in [0.2, 0.25) is 0 Å². The van der Waals surface area contributed by atoms with Gasteiger partial charge >= 0.3 is 0 Å². The highest BCUT2D eigenvalue weighted by atomic mass is 15.3. The molecule has 0 aliphatic rings. The molecule has 0 saturated carbocycles. The van der Waals surface area contributed by atoms with Gasteiger partial charge < -0.3 is 5.32 Å². The van der Waals surface area contributed by atoms with E-state index < -0.39 is 0 Å². The third kappa shape index (κ3) is 1.86. The van der Waals surface area contributed by atoms with Crippen LogP contribution in [0.1, 0.15) is 11.3 Å². The first-order valence-corrected chi connectivity index (χ1v) is 4.83. The fourth-order valence-corrected chi connectivity index (χ4v) is 1.45. The summed E-state index contributed by atoms with van der Waals surface area (Å²) >= 11 is 0. The van der Waals surface area contributed by atoms with Crippen LogP contribution in [0, 0.1) is 18.3 Å². The Labute approximate surface area is 93.4 Å². The van der Waals surface area contributed by atoms with E-state index >= 15 is 0 Å². The molecule has 2 heterocycles. The van der Waals surface area contributed by atoms with Crippen molar-refractivity contribution in [2.75, 3.05) is 5.32 Å². The fraction of sp³-hybridized carbons (Fsp3) is 0.182. The molecular formula is C11H11N5. The van der Waals surface area contributed by atoms with Crippen LogP contribution in [0.4, 0.5) is 11.5 Å². The van der Waals surface area contributed by atoms with Crippen LogP contribution in [-0.2, 0) is 7.05 Å². The molecule has 0 bridgehead atoms. The zero-order chi connectivity index (χ0) is 11.5. The van der Waals surface area contributed by atoms with Gasteiger partial charge in [0.2, 0.25) is 0 Å². The molecule has 0 fully saturated rings. The molecule has 0 aliphatic heterocycles. The third-order valence-corrected chi connectivity index (χ3v) is 2.19. The van der Waals surface area contributed by atoms with Gasteiger partial charge in [-0.1, -0.05) is 0 Å². The number of rotatable bonds is 2. The number of nitriles is 1. The van der Waals surface area contributed by atoms with Gasteiger partial charge in [-0.3, -0.25) is 4.68 Å². The number of hydrogen-bond donors (Lipinski definition) is 1. The molecule has 5 heteroatoms. The van der Waals surface area contributed by atoms with Crippen molar-refractivity contribution in [1.82, 2.24) is 14.8 Å². The maximum absolute atomic E-state index is 8.92. The van der Waals surface area contributed by atoms with Gasteiger partial charge in [-0.05, 0) is 19.1 Å². The Balaban J connectivity index is 2.34. The van der Waals surface area contributed by atoms with Gasteiger partial charge in [0.1, 0.15) is 11.9 Å². The molecule has 0 aromatic carbocycles. The summed E-state index contributed by atoms with van der Waals surface area (Å²) < 4.78 is 1.71. The van der Waals surface area contributed by atoms with Gasteiger partial charge in [-0.2, -0.15) is 10.4 Å². The van der Waals surface area contributed by atoms with Crippen molar-refractivity contribution in [2.24, 2.45) is 7.05 Å². The van der Waals surface area contributed by atoms with Gasteiger partial charge in [-0.15, -0.1) is 0 Å². The summed E-state index contributed by atoms with van der Waals surface area (Å²) in [7, 11) is 1.85. The van der Waals surface area contributed by atoms with Crippen molar-refractivity contribution < 1.29 is 0 Å². The molecule has 2 aromatic rings. The quantitative estimate of drug-likeness (QED) is 0.825. The van der Waals surface area contributed by atoms with Crippen molar-refractivity contribution >= 4 is 11.5 Å². The fourth-order valence-electron chi connectivity index (χ4n) is 1.45. The van der Waals surface area contributed by atoms with E-state index in [1.807, 2.05) is 20.2 Å². The highest BCUT2D eigenvalue weighted by Crippen LogP contribution is 2.19. The standard InChI is InChI=1S/C11H11N5/c1-8-10(7-16(2)15-8)14-11-9(6-12)4-3-5-13-11/h3-5,7H,1-2H3,(H,13,14). The summed E-state index contributed by atoms with van der Waals surface area (Å²) in [4.78, 5) is 4.12. The van der Waals surface area contributed by atoms with Crippen molar-refractivity contribution in [3.8, 4) is 6.07 Å². The predicted octanol–water partition coefficient (Wildman–Crippen LogP) is 1.74. The normalized spacial score (nSPS) is 9.81. The van der Waals surface area contributed by atoms with Crippen LogP contribution in [-0.4, -0.2) is 14.8 Å². The largest absolute Gasteiger partial charge is 0.336 e. The molecule has 0 amide bonds. The van der Waals surface area contributed by atoms with E-state index in [2.05, 4.69) is 21.5 Å². The van der Waals surface area contributed by atoms with Gasteiger partial charge in [-0.25, -0.2) is 4.98 Å². The molecule has 0 saturated heterocycles. The predicted molar refractivity (Wildman–Crippen MR) is 60.2 cm³/mol. The summed E-state index contributed by atoms with van der Waals surface area (Å²) in [6.07, 6.45) is 3.50. The lowest BCUT2D eigenvalue weighted by atomic mass is 10.2. The number of anilines is 2. The smallest absolute Gasteiger partial charge is 0.148 e. The molecule has 2 aromatic heterocycles. The Morgan fingerprint density at radius 3 is 2.94 bits per heavy atom. The van der Waals surface area contributed by atoms with E-state index in [4.69, 9.17) is 5.26 Å². The summed E-state index contributed by atoms with van der Waals surface area (Å²) in [5, 5.41) is 16.2. The monoisotopic (exact) mass is 213 g/mol. The average molecular weight is 213 g/mol. The Hall–Kier alpha value is -2.35. The summed E-state index contributed by atoms with van der Waals surface area (Å²) in [5.74, 6) is 0.557. The van der Waals surface area contributed by atoms with Crippen LogP contribution in [0.5, 0.6) is 0 Å². The lowest BCUT2D eigenvalue weighted by Crippen LogP contribution is -1.96. The number of pyridine rings is 1. The summed E-state index contributed by atoms with van der Waals surface area (Å²) in [6.45, 7) is 1.90. The van der Waals surface area contributed by atoms with Gasteiger partial charge in [0.05, 0.1) is 16.9 Å². The molecule has 0 atom stereocenters. The Bertz CT molecular complexity index is 550. The second-order valence-electron chi connectivity index (χ2n) is 3.44. The zero-order valence-corrected chi connectivity index (χ0v) is 9.10. The first-order chi connectivity index (χ1) is 7.70. The minimum atomic E-state index is 0.519. The molecule has 80 valence electrons. The maximum atomic E-state index is 8.92. The number of nitrogens with zero attached hydrogens (tertiary/aromatic N) is 4. The van der Waals surface area contributed by atoms with E-state index in [0.29, 0.717) is 11.4 Å². The first-order valence-electron chi connectivity index (χ1n) is 4.83. The van der Waals surface area contributed by atoms with E-state index in [1.165, 1.54) is 0 Å². The highest BCUT2D eigenvalue weighted by Gasteiger charge is 2.06. The Morgan fingerprint density at radius 2 is 2.31 bits per heavy atom. The van der Waals surface area contributed by atoms with Crippen molar-refractivity contribution in [1.29, 1.82) is 5.26 Å². The zero-order valence-electron chi connectivity index (χ0n) is 9.10. The molecule has 16 heavy (non-hydrogen) atoms. The number of aryl methyl sites for hydroxylation is 2. The van der Waals surface area contributed by atoms with Gasteiger partial charge in [0.25, 0.3) is 0 Å². The molecule has 0 radical (unpaired) electrons. The molecule has 0 aliphatic carbocycles. The summed E-state index contributed by atoms with van der Waals surface area (Å²) in [6, 6.07) is 5.55. The van der Waals surface area contributed by atoms with Crippen LogP contribution in [0.15, 0.2) is 24.5 Å². The first kappa shape index (κ1) is 10.2. The van der Waals surface area contributed by atoms with Crippen molar-refractivity contribution in [3.63, 3.8) is 0 Å². The highest BCUT2D eigenvalue weighted by molar-refractivity contribution is 5.63. The van der Waals surface area contributed by atoms with E-state index in [9.17, 15) is 0 Å². The number of aromatic nitrogens is 3. The molecule has 0 spiro atoms. The van der Waals surface area contributed by atoms with Gasteiger partial charge in [0.15, 0.2) is 0 Å². The topological polar surface area (TPSA) is 66.5 Å². The minimum Gasteiger partial charge on any atom is -0.336 e. The van der Waals surface area contributed by atoms with Crippen molar-refractivity contribution in [3.05, 3.63) is 35.8 Å². The van der Waals surface area contributed by atoms with E-state index in [0.717, 1.165) is 11.4 Å². The Kier molecular flexibility index (Phi) is 2.56.